The Morgan fingerprint density at radius 2 is 1.89 bits per heavy atom. The lowest BCUT2D eigenvalue weighted by molar-refractivity contribution is 0.0843. The van der Waals surface area contributed by atoms with E-state index >= 15 is 0 Å². The summed E-state index contributed by atoms with van der Waals surface area (Å²) in [5.74, 6) is -0.104. The van der Waals surface area contributed by atoms with Gasteiger partial charge in [0.25, 0.3) is 0 Å². The number of ether oxygens (including phenoxy) is 1. The molecule has 2 aromatic heterocycles. The van der Waals surface area contributed by atoms with E-state index in [0.29, 0.717) is 35.2 Å². The highest BCUT2D eigenvalue weighted by atomic mass is 32.2. The molecule has 1 unspecified atom stereocenters. The van der Waals surface area contributed by atoms with Crippen molar-refractivity contribution in [3.8, 4) is 16.8 Å². The van der Waals surface area contributed by atoms with Gasteiger partial charge in [-0.1, -0.05) is 0 Å². The lowest BCUT2D eigenvalue weighted by Gasteiger charge is -2.25. The highest BCUT2D eigenvalue weighted by Gasteiger charge is 2.28. The van der Waals surface area contributed by atoms with Gasteiger partial charge < -0.3 is 20.4 Å². The minimum Gasteiger partial charge on any atom is -0.398 e. The summed E-state index contributed by atoms with van der Waals surface area (Å²) < 4.78 is 33.6. The van der Waals surface area contributed by atoms with Crippen molar-refractivity contribution in [2.75, 3.05) is 25.2 Å². The zero-order valence-corrected chi connectivity index (χ0v) is 20.5. The van der Waals surface area contributed by atoms with Gasteiger partial charge >= 0.3 is 0 Å². The van der Waals surface area contributed by atoms with Crippen molar-refractivity contribution >= 4 is 33.1 Å². The predicted octanol–water partition coefficient (Wildman–Crippen LogP) is 5.43. The molecule has 180 valence electrons. The molecular formula is C27H27FN4O2S. The number of anilines is 1. The van der Waals surface area contributed by atoms with E-state index in [9.17, 15) is 8.60 Å². The number of rotatable bonds is 5. The molecule has 0 amide bonds. The van der Waals surface area contributed by atoms with E-state index in [1.54, 1.807) is 37.6 Å². The van der Waals surface area contributed by atoms with Crippen molar-refractivity contribution in [3.63, 3.8) is 0 Å². The zero-order valence-electron chi connectivity index (χ0n) is 19.7. The number of pyridine rings is 1. The Morgan fingerprint density at radius 3 is 2.49 bits per heavy atom. The predicted molar refractivity (Wildman–Crippen MR) is 139 cm³/mol. The Labute approximate surface area is 205 Å². The first-order chi connectivity index (χ1) is 16.8. The van der Waals surface area contributed by atoms with Gasteiger partial charge in [-0.2, -0.15) is 0 Å². The Kier molecular flexibility index (Phi) is 6.25. The van der Waals surface area contributed by atoms with Crippen LogP contribution in [0.2, 0.25) is 0 Å². The van der Waals surface area contributed by atoms with Crippen LogP contribution < -0.4 is 5.73 Å². The van der Waals surface area contributed by atoms with E-state index in [0.717, 1.165) is 46.3 Å². The van der Waals surface area contributed by atoms with Gasteiger partial charge in [0.2, 0.25) is 0 Å². The van der Waals surface area contributed by atoms with Crippen LogP contribution in [0.15, 0.2) is 59.8 Å². The molecule has 35 heavy (non-hydrogen) atoms. The maximum atomic E-state index is 13.9. The normalized spacial score (nSPS) is 15.4. The van der Waals surface area contributed by atoms with Crippen LogP contribution in [0.1, 0.15) is 36.9 Å². The third-order valence-corrected chi connectivity index (χ3v) is 7.42. The number of benzene rings is 2. The third kappa shape index (κ3) is 4.28. The van der Waals surface area contributed by atoms with Gasteiger partial charge in [0.1, 0.15) is 10.8 Å². The molecule has 4 aromatic rings. The quantitative estimate of drug-likeness (QED) is 0.288. The summed E-state index contributed by atoms with van der Waals surface area (Å²) in [5, 5.41) is 9.70. The molecule has 1 aliphatic rings. The topological polar surface area (TPSA) is 94.0 Å². The van der Waals surface area contributed by atoms with Crippen LogP contribution in [-0.2, 0) is 15.5 Å². The molecule has 8 heteroatoms. The summed E-state index contributed by atoms with van der Waals surface area (Å²) in [6.45, 7) is 3.04. The van der Waals surface area contributed by atoms with Gasteiger partial charge in [0.15, 0.2) is 0 Å². The SMILES string of the molecule is CC(=N)c1cc2c(cc1N)c(-c1ccc(S(C)=O)nc1)c(C1CCOCC1)n2-c1ccc(F)cc1. The van der Waals surface area contributed by atoms with Gasteiger partial charge in [0, 0.05) is 76.4 Å². The van der Waals surface area contributed by atoms with Crippen LogP contribution in [0.4, 0.5) is 10.1 Å². The Balaban J connectivity index is 1.89. The number of nitrogens with one attached hydrogen (secondary N) is 1. The molecule has 1 atom stereocenters. The summed E-state index contributed by atoms with van der Waals surface area (Å²) in [7, 11) is -1.18. The van der Waals surface area contributed by atoms with Crippen LogP contribution in [0, 0.1) is 11.2 Å². The van der Waals surface area contributed by atoms with E-state index in [4.69, 9.17) is 15.9 Å². The van der Waals surface area contributed by atoms with E-state index < -0.39 is 10.8 Å². The number of hydrogen-bond acceptors (Lipinski definition) is 5. The van der Waals surface area contributed by atoms with E-state index in [2.05, 4.69) is 9.55 Å². The van der Waals surface area contributed by atoms with Crippen molar-refractivity contribution in [2.24, 2.45) is 0 Å². The smallest absolute Gasteiger partial charge is 0.126 e. The molecule has 0 radical (unpaired) electrons. The van der Waals surface area contributed by atoms with Crippen molar-refractivity contribution in [1.82, 2.24) is 9.55 Å². The van der Waals surface area contributed by atoms with Crippen molar-refractivity contribution < 1.29 is 13.3 Å². The highest BCUT2D eigenvalue weighted by molar-refractivity contribution is 7.84. The van der Waals surface area contributed by atoms with Crippen LogP contribution in [0.3, 0.4) is 0 Å². The molecule has 0 saturated carbocycles. The number of nitrogen functional groups attached to an aromatic ring is 1. The molecule has 1 saturated heterocycles. The maximum absolute atomic E-state index is 13.9. The summed E-state index contributed by atoms with van der Waals surface area (Å²) in [6, 6.07) is 14.1. The Bertz CT molecular complexity index is 1440. The van der Waals surface area contributed by atoms with E-state index in [1.807, 2.05) is 18.2 Å². The van der Waals surface area contributed by atoms with Crippen molar-refractivity contribution in [1.29, 1.82) is 5.41 Å². The largest absolute Gasteiger partial charge is 0.398 e. The number of hydrogen-bond donors (Lipinski definition) is 2. The first-order valence-corrected chi connectivity index (χ1v) is 13.1. The number of nitrogens with zero attached hydrogens (tertiary/aromatic N) is 2. The van der Waals surface area contributed by atoms with Crippen molar-refractivity contribution in [2.45, 2.75) is 30.7 Å². The third-order valence-electron chi connectivity index (χ3n) is 6.59. The molecule has 5 rings (SSSR count). The lowest BCUT2D eigenvalue weighted by Crippen LogP contribution is -2.17. The summed E-state index contributed by atoms with van der Waals surface area (Å²) in [5.41, 5.74) is 12.7. The summed E-state index contributed by atoms with van der Waals surface area (Å²) in [6.07, 6.45) is 5.06. The fourth-order valence-corrected chi connectivity index (χ4v) is 5.38. The summed E-state index contributed by atoms with van der Waals surface area (Å²) in [4.78, 5) is 4.46. The second-order valence-electron chi connectivity index (χ2n) is 8.88. The molecule has 0 aliphatic carbocycles. The fraction of sp³-hybridized carbons (Fsp3) is 0.259. The van der Waals surface area contributed by atoms with Crippen molar-refractivity contribution in [3.05, 3.63) is 71.8 Å². The first kappa shape index (κ1) is 23.4. The molecule has 2 aromatic carbocycles. The monoisotopic (exact) mass is 490 g/mol. The number of aromatic nitrogens is 2. The molecular weight excluding hydrogens is 463 g/mol. The molecule has 3 N–H and O–H groups in total. The number of nitrogens with two attached hydrogens (primary N) is 1. The second kappa shape index (κ2) is 9.36. The molecule has 1 aliphatic heterocycles. The zero-order chi connectivity index (χ0) is 24.7. The second-order valence-corrected chi connectivity index (χ2v) is 10.2. The Hall–Kier alpha value is -3.36. The van der Waals surface area contributed by atoms with Gasteiger partial charge in [0.05, 0.1) is 16.3 Å². The fourth-order valence-electron chi connectivity index (χ4n) is 4.92. The van der Waals surface area contributed by atoms with Gasteiger partial charge in [-0.15, -0.1) is 0 Å². The summed E-state index contributed by atoms with van der Waals surface area (Å²) >= 11 is 0. The van der Waals surface area contributed by atoms with Crippen LogP contribution in [0.5, 0.6) is 0 Å². The van der Waals surface area contributed by atoms with Crippen LogP contribution >= 0.6 is 0 Å². The van der Waals surface area contributed by atoms with E-state index in [1.165, 1.54) is 12.1 Å². The van der Waals surface area contributed by atoms with Crippen LogP contribution in [0.25, 0.3) is 27.7 Å². The first-order valence-electron chi connectivity index (χ1n) is 11.5. The molecule has 6 nitrogen and oxygen atoms in total. The van der Waals surface area contributed by atoms with E-state index in [-0.39, 0.29) is 11.7 Å². The lowest BCUT2D eigenvalue weighted by atomic mass is 9.90. The van der Waals surface area contributed by atoms with Gasteiger partial charge in [-0.3, -0.25) is 4.21 Å². The van der Waals surface area contributed by atoms with Gasteiger partial charge in [-0.25, -0.2) is 9.37 Å². The highest BCUT2D eigenvalue weighted by Crippen LogP contribution is 2.44. The maximum Gasteiger partial charge on any atom is 0.126 e. The number of fused-ring (bicyclic) bond motifs is 1. The average Bonchev–Trinajstić information content (AvgIpc) is 3.18. The van der Waals surface area contributed by atoms with Crippen LogP contribution in [-0.4, -0.2) is 38.9 Å². The van der Waals surface area contributed by atoms with Gasteiger partial charge in [-0.05, 0) is 68.3 Å². The molecule has 3 heterocycles. The Morgan fingerprint density at radius 1 is 1.17 bits per heavy atom. The number of halogens is 1. The minimum atomic E-state index is -1.18. The molecule has 0 bridgehead atoms. The minimum absolute atomic E-state index is 0.196. The standard InChI is InChI=1S/C27H27FN4O2S/c1-16(29)21-14-24-22(13-23(21)30)26(18-3-8-25(31-15-18)35(2)33)27(17-9-11-34-12-10-17)32(24)20-6-4-19(28)5-7-20/h3-8,13-15,17,29H,9-12,30H2,1-2H3. The average molecular weight is 491 g/mol. The molecule has 1 fully saturated rings. The molecule has 0 spiro atoms.